The summed E-state index contributed by atoms with van der Waals surface area (Å²) in [6, 6.07) is 8.81. The smallest absolute Gasteiger partial charge is 0.132 e. The molecule has 0 heterocycles. The standard InChI is InChI=1S/C15H14F2O/c1-9-6-7-11(8-10(9)2)15(18)14-12(16)4-3-5-13(14)17/h3-8,15,18H,1-2H3. The Morgan fingerprint density at radius 2 is 1.56 bits per heavy atom. The summed E-state index contributed by atoms with van der Waals surface area (Å²) in [5.41, 5.74) is 2.23. The molecule has 1 nitrogen and oxygen atoms in total. The second-order valence-electron chi connectivity index (χ2n) is 4.38. The molecule has 2 aromatic rings. The Hall–Kier alpha value is -1.74. The van der Waals surface area contributed by atoms with Crippen LogP contribution in [0.3, 0.4) is 0 Å². The van der Waals surface area contributed by atoms with Crippen LogP contribution in [0, 0.1) is 25.5 Å². The molecule has 94 valence electrons. The topological polar surface area (TPSA) is 20.2 Å². The van der Waals surface area contributed by atoms with E-state index < -0.39 is 17.7 Å². The van der Waals surface area contributed by atoms with Crippen LogP contribution in [0.5, 0.6) is 0 Å². The maximum Gasteiger partial charge on any atom is 0.132 e. The molecule has 0 aliphatic heterocycles. The molecule has 0 bridgehead atoms. The van der Waals surface area contributed by atoms with Crippen molar-refractivity contribution in [3.05, 3.63) is 70.3 Å². The Bertz CT molecular complexity index is 558. The largest absolute Gasteiger partial charge is 0.383 e. The van der Waals surface area contributed by atoms with Gasteiger partial charge in [0.2, 0.25) is 0 Å². The zero-order valence-corrected chi connectivity index (χ0v) is 10.2. The molecule has 0 fully saturated rings. The van der Waals surface area contributed by atoms with E-state index in [9.17, 15) is 13.9 Å². The molecule has 2 aromatic carbocycles. The van der Waals surface area contributed by atoms with Gasteiger partial charge in [-0.1, -0.05) is 24.3 Å². The van der Waals surface area contributed by atoms with Gasteiger partial charge in [-0.3, -0.25) is 0 Å². The van der Waals surface area contributed by atoms with E-state index in [1.807, 2.05) is 19.9 Å². The van der Waals surface area contributed by atoms with Gasteiger partial charge in [0.1, 0.15) is 17.7 Å². The highest BCUT2D eigenvalue weighted by Gasteiger charge is 2.19. The third-order valence-electron chi connectivity index (χ3n) is 3.12. The zero-order chi connectivity index (χ0) is 13.3. The van der Waals surface area contributed by atoms with Crippen molar-refractivity contribution in [2.24, 2.45) is 0 Å². The van der Waals surface area contributed by atoms with Gasteiger partial charge < -0.3 is 5.11 Å². The van der Waals surface area contributed by atoms with Crippen LogP contribution in [-0.4, -0.2) is 5.11 Å². The van der Waals surface area contributed by atoms with Crippen molar-refractivity contribution in [1.82, 2.24) is 0 Å². The van der Waals surface area contributed by atoms with Crippen LogP contribution in [-0.2, 0) is 0 Å². The quantitative estimate of drug-likeness (QED) is 0.859. The van der Waals surface area contributed by atoms with Gasteiger partial charge in [0.15, 0.2) is 0 Å². The van der Waals surface area contributed by atoms with Gasteiger partial charge >= 0.3 is 0 Å². The van der Waals surface area contributed by atoms with Crippen molar-refractivity contribution < 1.29 is 13.9 Å². The van der Waals surface area contributed by atoms with Gasteiger partial charge in [0.25, 0.3) is 0 Å². The van der Waals surface area contributed by atoms with Crippen LogP contribution in [0.4, 0.5) is 8.78 Å². The fourth-order valence-electron chi connectivity index (χ4n) is 1.87. The molecule has 0 aliphatic rings. The molecule has 3 heteroatoms. The summed E-state index contributed by atoms with van der Waals surface area (Å²) in [6.45, 7) is 3.83. The third kappa shape index (κ3) is 2.27. The first-order valence-corrected chi connectivity index (χ1v) is 5.70. The summed E-state index contributed by atoms with van der Waals surface area (Å²) >= 11 is 0. The Kier molecular flexibility index (Phi) is 3.43. The van der Waals surface area contributed by atoms with Gasteiger partial charge in [-0.25, -0.2) is 8.78 Å². The van der Waals surface area contributed by atoms with Gasteiger partial charge in [0.05, 0.1) is 5.56 Å². The number of aliphatic hydroxyl groups is 1. The van der Waals surface area contributed by atoms with E-state index in [4.69, 9.17) is 0 Å². The van der Waals surface area contributed by atoms with Crippen LogP contribution in [0.15, 0.2) is 36.4 Å². The fourth-order valence-corrected chi connectivity index (χ4v) is 1.87. The number of aliphatic hydroxyl groups excluding tert-OH is 1. The molecule has 1 unspecified atom stereocenters. The maximum absolute atomic E-state index is 13.6. The van der Waals surface area contributed by atoms with Crippen molar-refractivity contribution in [2.75, 3.05) is 0 Å². The molecule has 0 aliphatic carbocycles. The first-order valence-electron chi connectivity index (χ1n) is 5.70. The van der Waals surface area contributed by atoms with E-state index in [0.29, 0.717) is 5.56 Å². The van der Waals surface area contributed by atoms with E-state index in [0.717, 1.165) is 23.3 Å². The van der Waals surface area contributed by atoms with Crippen molar-refractivity contribution in [3.63, 3.8) is 0 Å². The number of rotatable bonds is 2. The molecule has 18 heavy (non-hydrogen) atoms. The molecular weight excluding hydrogens is 234 g/mol. The summed E-state index contributed by atoms with van der Waals surface area (Å²) in [6.07, 6.45) is -1.29. The fraction of sp³-hybridized carbons (Fsp3) is 0.200. The highest BCUT2D eigenvalue weighted by molar-refractivity contribution is 5.36. The Morgan fingerprint density at radius 1 is 0.944 bits per heavy atom. The van der Waals surface area contributed by atoms with Crippen molar-refractivity contribution >= 4 is 0 Å². The Labute approximate surface area is 105 Å². The lowest BCUT2D eigenvalue weighted by atomic mass is 9.97. The maximum atomic E-state index is 13.6. The van der Waals surface area contributed by atoms with Crippen molar-refractivity contribution in [1.29, 1.82) is 0 Å². The molecule has 2 rings (SSSR count). The van der Waals surface area contributed by atoms with Crippen molar-refractivity contribution in [3.8, 4) is 0 Å². The average Bonchev–Trinajstić information content (AvgIpc) is 2.32. The average molecular weight is 248 g/mol. The number of hydrogen-bond acceptors (Lipinski definition) is 1. The molecule has 0 spiro atoms. The van der Waals surface area contributed by atoms with E-state index in [-0.39, 0.29) is 5.56 Å². The monoisotopic (exact) mass is 248 g/mol. The van der Waals surface area contributed by atoms with Crippen LogP contribution >= 0.6 is 0 Å². The number of benzene rings is 2. The van der Waals surface area contributed by atoms with Gasteiger partial charge in [0, 0.05) is 0 Å². The second kappa shape index (κ2) is 4.86. The normalized spacial score (nSPS) is 12.5. The minimum Gasteiger partial charge on any atom is -0.383 e. The summed E-state index contributed by atoms with van der Waals surface area (Å²) in [5.74, 6) is -1.47. The minimum absolute atomic E-state index is 0.305. The molecule has 0 radical (unpaired) electrons. The number of halogens is 2. The Balaban J connectivity index is 2.48. The van der Waals surface area contributed by atoms with E-state index in [1.54, 1.807) is 12.1 Å². The summed E-state index contributed by atoms with van der Waals surface area (Å²) in [4.78, 5) is 0. The van der Waals surface area contributed by atoms with Gasteiger partial charge in [-0.2, -0.15) is 0 Å². The minimum atomic E-state index is -1.29. The van der Waals surface area contributed by atoms with Crippen LogP contribution < -0.4 is 0 Å². The molecule has 1 atom stereocenters. The third-order valence-corrected chi connectivity index (χ3v) is 3.12. The first-order chi connectivity index (χ1) is 8.50. The highest BCUT2D eigenvalue weighted by Crippen LogP contribution is 2.27. The Morgan fingerprint density at radius 3 is 2.11 bits per heavy atom. The molecular formula is C15H14F2O. The van der Waals surface area contributed by atoms with E-state index >= 15 is 0 Å². The molecule has 0 saturated carbocycles. The van der Waals surface area contributed by atoms with Crippen LogP contribution in [0.25, 0.3) is 0 Å². The molecule has 0 saturated heterocycles. The van der Waals surface area contributed by atoms with Gasteiger partial charge in [-0.15, -0.1) is 0 Å². The predicted molar refractivity (Wildman–Crippen MR) is 66.3 cm³/mol. The SMILES string of the molecule is Cc1ccc(C(O)c2c(F)cccc2F)cc1C. The lowest BCUT2D eigenvalue weighted by Crippen LogP contribution is -2.06. The lowest BCUT2D eigenvalue weighted by molar-refractivity contribution is 0.209. The summed E-state index contributed by atoms with van der Waals surface area (Å²) in [7, 11) is 0. The highest BCUT2D eigenvalue weighted by atomic mass is 19.1. The number of aryl methyl sites for hydroxylation is 2. The van der Waals surface area contributed by atoms with Gasteiger partial charge in [-0.05, 0) is 42.7 Å². The molecule has 0 amide bonds. The summed E-state index contributed by atoms with van der Waals surface area (Å²) in [5, 5.41) is 10.1. The molecule has 0 aromatic heterocycles. The van der Waals surface area contributed by atoms with Crippen molar-refractivity contribution in [2.45, 2.75) is 20.0 Å². The van der Waals surface area contributed by atoms with Crippen LogP contribution in [0.2, 0.25) is 0 Å². The number of hydrogen-bond donors (Lipinski definition) is 1. The predicted octanol–water partition coefficient (Wildman–Crippen LogP) is 3.66. The lowest BCUT2D eigenvalue weighted by Gasteiger charge is -2.14. The molecule has 1 N–H and O–H groups in total. The van der Waals surface area contributed by atoms with E-state index in [1.165, 1.54) is 6.07 Å². The second-order valence-corrected chi connectivity index (χ2v) is 4.38. The first kappa shape index (κ1) is 12.7. The summed E-state index contributed by atoms with van der Waals surface area (Å²) < 4.78 is 27.1. The van der Waals surface area contributed by atoms with E-state index in [2.05, 4.69) is 0 Å². The van der Waals surface area contributed by atoms with Crippen LogP contribution in [0.1, 0.15) is 28.4 Å². The zero-order valence-electron chi connectivity index (χ0n) is 10.2.